The van der Waals surface area contributed by atoms with E-state index < -0.39 is 10.2 Å². The molecule has 2 N–H and O–H groups in total. The smallest absolute Gasteiger partial charge is 0.199 e. The zero-order valence-electron chi connectivity index (χ0n) is 6.01. The van der Waals surface area contributed by atoms with Crippen LogP contribution in [0.1, 0.15) is 25.7 Å². The van der Waals surface area contributed by atoms with E-state index in [4.69, 9.17) is 0 Å². The highest BCUT2D eigenvalue weighted by atomic mass is 79.9. The molecule has 0 aromatic carbocycles. The van der Waals surface area contributed by atoms with Gasteiger partial charge >= 0.3 is 0 Å². The van der Waals surface area contributed by atoms with Crippen molar-refractivity contribution in [3.8, 4) is 0 Å². The lowest BCUT2D eigenvalue weighted by molar-refractivity contribution is 0.551. The molecule has 0 aliphatic heterocycles. The van der Waals surface area contributed by atoms with Crippen molar-refractivity contribution in [3.05, 3.63) is 0 Å². The highest BCUT2D eigenvalue weighted by Crippen LogP contribution is 2.17. The molecule has 0 bridgehead atoms. The molecule has 0 spiro atoms. The summed E-state index contributed by atoms with van der Waals surface area (Å²) in [6.07, 6.45) is 4.15. The maximum absolute atomic E-state index is 10.9. The second-order valence-electron chi connectivity index (χ2n) is 2.68. The Balaban J connectivity index is 2.41. The fourth-order valence-electron chi connectivity index (χ4n) is 1.29. The molecule has 66 valence electrons. The molecule has 0 aromatic heterocycles. The molecule has 0 atom stereocenters. The van der Waals surface area contributed by atoms with E-state index in [9.17, 15) is 8.42 Å². The number of hydrogen-bond donors (Lipinski definition) is 2. The van der Waals surface area contributed by atoms with Crippen molar-refractivity contribution in [3.63, 3.8) is 0 Å². The maximum Gasteiger partial charge on any atom is 0.286 e. The molecule has 4 nitrogen and oxygen atoms in total. The summed E-state index contributed by atoms with van der Waals surface area (Å²) in [4.78, 5) is 0. The third-order valence-electron chi connectivity index (χ3n) is 1.78. The van der Waals surface area contributed by atoms with Crippen LogP contribution in [0.15, 0.2) is 0 Å². The fraction of sp³-hybridized carbons (Fsp3) is 1.00. The van der Waals surface area contributed by atoms with E-state index in [2.05, 4.69) is 20.9 Å². The van der Waals surface area contributed by atoms with Crippen LogP contribution >= 0.6 is 16.1 Å². The zero-order valence-corrected chi connectivity index (χ0v) is 8.41. The molecule has 0 aromatic rings. The fourth-order valence-corrected chi connectivity index (χ4v) is 2.28. The molecule has 11 heavy (non-hydrogen) atoms. The highest BCUT2D eigenvalue weighted by molar-refractivity contribution is 9.09. The van der Waals surface area contributed by atoms with Crippen LogP contribution in [0.3, 0.4) is 0 Å². The van der Waals surface area contributed by atoms with Crippen LogP contribution in [0.25, 0.3) is 0 Å². The first-order chi connectivity index (χ1) is 5.14. The monoisotopic (exact) mass is 242 g/mol. The molecule has 1 aliphatic rings. The summed E-state index contributed by atoms with van der Waals surface area (Å²) in [5.74, 6) is 0. The summed E-state index contributed by atoms with van der Waals surface area (Å²) in [6.45, 7) is 0. The molecule has 0 radical (unpaired) electrons. The van der Waals surface area contributed by atoms with Gasteiger partial charge in [0.15, 0.2) is 0 Å². The molecule has 1 saturated carbocycles. The summed E-state index contributed by atoms with van der Waals surface area (Å²) in [5.41, 5.74) is 0. The second-order valence-corrected chi connectivity index (χ2v) is 5.05. The van der Waals surface area contributed by atoms with Gasteiger partial charge in [-0.15, -0.1) is 3.75 Å². The van der Waals surface area contributed by atoms with Crippen LogP contribution < -0.4 is 8.47 Å². The number of nitrogens with one attached hydrogen (secondary N) is 2. The predicted octanol–water partition coefficient (Wildman–Crippen LogP) is 0.663. The van der Waals surface area contributed by atoms with Gasteiger partial charge in [0.1, 0.15) is 0 Å². The van der Waals surface area contributed by atoms with Gasteiger partial charge in [-0.2, -0.15) is 13.1 Å². The van der Waals surface area contributed by atoms with Crippen molar-refractivity contribution in [2.45, 2.75) is 31.7 Å². The van der Waals surface area contributed by atoms with Gasteiger partial charge in [-0.1, -0.05) is 12.8 Å². The minimum Gasteiger partial charge on any atom is -0.199 e. The van der Waals surface area contributed by atoms with E-state index in [0.717, 1.165) is 25.7 Å². The van der Waals surface area contributed by atoms with Crippen molar-refractivity contribution >= 4 is 26.4 Å². The Morgan fingerprint density at radius 1 is 1.27 bits per heavy atom. The quantitative estimate of drug-likeness (QED) is 0.715. The molecule has 1 fully saturated rings. The van der Waals surface area contributed by atoms with Crippen molar-refractivity contribution in [2.24, 2.45) is 0 Å². The lowest BCUT2D eigenvalue weighted by Crippen LogP contribution is -2.37. The Morgan fingerprint density at radius 2 is 1.82 bits per heavy atom. The van der Waals surface area contributed by atoms with Gasteiger partial charge < -0.3 is 0 Å². The molecule has 0 unspecified atom stereocenters. The average molecular weight is 243 g/mol. The van der Waals surface area contributed by atoms with Crippen molar-refractivity contribution in [1.82, 2.24) is 8.47 Å². The lowest BCUT2D eigenvalue weighted by Gasteiger charge is -2.09. The van der Waals surface area contributed by atoms with E-state index in [1.54, 1.807) is 0 Å². The highest BCUT2D eigenvalue weighted by Gasteiger charge is 2.19. The van der Waals surface area contributed by atoms with Crippen LogP contribution in [0.2, 0.25) is 0 Å². The van der Waals surface area contributed by atoms with Crippen molar-refractivity contribution in [2.75, 3.05) is 0 Å². The summed E-state index contributed by atoms with van der Waals surface area (Å²) in [6, 6.07) is 0.130. The van der Waals surface area contributed by atoms with Crippen molar-refractivity contribution in [1.29, 1.82) is 0 Å². The summed E-state index contributed by atoms with van der Waals surface area (Å²) in [5, 5.41) is 0. The van der Waals surface area contributed by atoms with Crippen LogP contribution in [-0.4, -0.2) is 14.5 Å². The third-order valence-corrected chi connectivity index (χ3v) is 3.90. The normalized spacial score (nSPS) is 20.8. The Bertz CT molecular complexity index is 211. The Hall–Kier alpha value is 0.350. The summed E-state index contributed by atoms with van der Waals surface area (Å²) in [7, 11) is -3.29. The molecule has 0 saturated heterocycles. The largest absolute Gasteiger partial charge is 0.286 e. The predicted molar refractivity (Wildman–Crippen MR) is 46.4 cm³/mol. The van der Waals surface area contributed by atoms with E-state index in [1.165, 1.54) is 0 Å². The minimum absolute atomic E-state index is 0.130. The topological polar surface area (TPSA) is 58.2 Å². The molecule has 0 heterocycles. The average Bonchev–Trinajstić information content (AvgIpc) is 2.39. The first kappa shape index (κ1) is 9.44. The molecule has 6 heteroatoms. The Labute approximate surface area is 75.3 Å². The SMILES string of the molecule is O=S(=O)(NBr)NC1CCCC1. The summed E-state index contributed by atoms with van der Waals surface area (Å²) >= 11 is 2.68. The molecular formula is C5H11BrN2O2S. The summed E-state index contributed by atoms with van der Waals surface area (Å²) < 4.78 is 26.3. The van der Waals surface area contributed by atoms with Gasteiger partial charge in [-0.05, 0) is 12.8 Å². The van der Waals surface area contributed by atoms with Gasteiger partial charge in [0.2, 0.25) is 0 Å². The van der Waals surface area contributed by atoms with E-state index in [0.29, 0.717) is 0 Å². The van der Waals surface area contributed by atoms with Gasteiger partial charge in [-0.25, -0.2) is 0 Å². The van der Waals surface area contributed by atoms with Crippen LogP contribution in [0, 0.1) is 0 Å². The maximum atomic E-state index is 10.9. The minimum atomic E-state index is -3.29. The number of halogens is 1. The first-order valence-corrected chi connectivity index (χ1v) is 5.81. The van der Waals surface area contributed by atoms with Crippen LogP contribution in [0.5, 0.6) is 0 Å². The van der Waals surface area contributed by atoms with Crippen LogP contribution in [-0.2, 0) is 10.2 Å². The number of hydrogen-bond acceptors (Lipinski definition) is 2. The molecule has 1 aliphatic carbocycles. The number of rotatable bonds is 3. The van der Waals surface area contributed by atoms with Crippen LogP contribution in [0.4, 0.5) is 0 Å². The standard InChI is InChI=1S/C5H11BrN2O2S/c6-8-11(9,10)7-5-3-1-2-4-5/h5,7-8H,1-4H2. The van der Waals surface area contributed by atoms with Gasteiger partial charge in [0, 0.05) is 22.2 Å². The Morgan fingerprint density at radius 3 is 2.27 bits per heavy atom. The van der Waals surface area contributed by atoms with E-state index in [-0.39, 0.29) is 6.04 Å². The second kappa shape index (κ2) is 3.84. The van der Waals surface area contributed by atoms with E-state index in [1.807, 2.05) is 3.75 Å². The molecular weight excluding hydrogens is 232 g/mol. The lowest BCUT2D eigenvalue weighted by atomic mass is 10.3. The first-order valence-electron chi connectivity index (χ1n) is 3.54. The van der Waals surface area contributed by atoms with Crippen molar-refractivity contribution < 1.29 is 8.42 Å². The van der Waals surface area contributed by atoms with Gasteiger partial charge in [0.25, 0.3) is 10.2 Å². The van der Waals surface area contributed by atoms with Gasteiger partial charge in [-0.3, -0.25) is 0 Å². The Kier molecular flexibility index (Phi) is 3.29. The molecule has 1 rings (SSSR count). The van der Waals surface area contributed by atoms with Gasteiger partial charge in [0.05, 0.1) is 0 Å². The molecule has 0 amide bonds. The van der Waals surface area contributed by atoms with E-state index >= 15 is 0 Å². The zero-order chi connectivity index (χ0) is 8.32. The third kappa shape index (κ3) is 3.06.